The number of benzene rings is 1. The van der Waals surface area contributed by atoms with E-state index >= 15 is 0 Å². The van der Waals surface area contributed by atoms with Gasteiger partial charge in [-0.2, -0.15) is 0 Å². The molecule has 0 saturated heterocycles. The van der Waals surface area contributed by atoms with Gasteiger partial charge in [0.1, 0.15) is 11.6 Å². The molecule has 0 bridgehead atoms. The molecule has 2 aromatic rings. The van der Waals surface area contributed by atoms with E-state index in [2.05, 4.69) is 9.72 Å². The molecule has 0 amide bonds. The van der Waals surface area contributed by atoms with Crippen molar-refractivity contribution in [3.63, 3.8) is 0 Å². The molecule has 2 N–H and O–H groups in total. The van der Waals surface area contributed by atoms with Crippen molar-refractivity contribution in [1.82, 2.24) is 4.98 Å². The summed E-state index contributed by atoms with van der Waals surface area (Å²) in [4.78, 5) is 3.79. The average Bonchev–Trinajstić information content (AvgIpc) is 2.17. The van der Waals surface area contributed by atoms with Gasteiger partial charge in [0, 0.05) is 11.6 Å². The van der Waals surface area contributed by atoms with E-state index in [9.17, 15) is 13.2 Å². The fraction of sp³-hybridized carbons (Fsp3) is 0.100. The number of aromatic nitrogens is 1. The SMILES string of the molecule is Nc1nccc2ccc(OC(F)(F)F)cc12. The molecule has 0 aliphatic rings. The maximum Gasteiger partial charge on any atom is 0.573 e. The van der Waals surface area contributed by atoms with Crippen LogP contribution in [0, 0.1) is 0 Å². The van der Waals surface area contributed by atoms with Gasteiger partial charge in [-0.25, -0.2) is 4.98 Å². The van der Waals surface area contributed by atoms with Crippen molar-refractivity contribution in [1.29, 1.82) is 0 Å². The molecule has 0 atom stereocenters. The van der Waals surface area contributed by atoms with E-state index in [0.717, 1.165) is 0 Å². The first-order chi connectivity index (χ1) is 7.46. The van der Waals surface area contributed by atoms with Gasteiger partial charge in [-0.05, 0) is 23.6 Å². The number of rotatable bonds is 1. The van der Waals surface area contributed by atoms with Gasteiger partial charge in [-0.1, -0.05) is 6.07 Å². The van der Waals surface area contributed by atoms with E-state index in [0.29, 0.717) is 10.8 Å². The van der Waals surface area contributed by atoms with Crippen LogP contribution in [0.15, 0.2) is 30.5 Å². The van der Waals surface area contributed by atoms with E-state index in [1.54, 1.807) is 6.07 Å². The number of nitrogens with zero attached hydrogens (tertiary/aromatic N) is 1. The zero-order chi connectivity index (χ0) is 11.8. The van der Waals surface area contributed by atoms with Gasteiger partial charge in [0.05, 0.1) is 0 Å². The molecule has 1 aromatic heterocycles. The monoisotopic (exact) mass is 228 g/mol. The highest BCUT2D eigenvalue weighted by Crippen LogP contribution is 2.28. The number of ether oxygens (including phenoxy) is 1. The predicted molar refractivity (Wildman–Crippen MR) is 52.8 cm³/mol. The summed E-state index contributed by atoms with van der Waals surface area (Å²) in [5.74, 6) is -0.134. The van der Waals surface area contributed by atoms with Crippen LogP contribution in [0.25, 0.3) is 10.8 Å². The lowest BCUT2D eigenvalue weighted by Crippen LogP contribution is -2.17. The third-order valence-corrected chi connectivity index (χ3v) is 2.00. The van der Waals surface area contributed by atoms with Crippen molar-refractivity contribution in [2.45, 2.75) is 6.36 Å². The fourth-order valence-corrected chi connectivity index (χ4v) is 1.37. The quantitative estimate of drug-likeness (QED) is 0.816. The number of alkyl halides is 3. The number of halogens is 3. The molecule has 3 nitrogen and oxygen atoms in total. The second-order valence-corrected chi connectivity index (χ2v) is 3.13. The number of hydrogen-bond acceptors (Lipinski definition) is 3. The Morgan fingerprint density at radius 3 is 2.62 bits per heavy atom. The Balaban J connectivity index is 2.47. The number of pyridine rings is 1. The first kappa shape index (κ1) is 10.5. The maximum atomic E-state index is 12.0. The number of fused-ring (bicyclic) bond motifs is 1. The van der Waals surface area contributed by atoms with Crippen molar-refractivity contribution < 1.29 is 17.9 Å². The molecule has 0 spiro atoms. The maximum absolute atomic E-state index is 12.0. The van der Waals surface area contributed by atoms with Gasteiger partial charge in [0.2, 0.25) is 0 Å². The van der Waals surface area contributed by atoms with Gasteiger partial charge in [-0.15, -0.1) is 13.2 Å². The lowest BCUT2D eigenvalue weighted by molar-refractivity contribution is -0.274. The van der Waals surface area contributed by atoms with Gasteiger partial charge >= 0.3 is 6.36 Å². The normalized spacial score (nSPS) is 11.7. The van der Waals surface area contributed by atoms with Crippen molar-refractivity contribution >= 4 is 16.6 Å². The minimum absolute atomic E-state index is 0.171. The summed E-state index contributed by atoms with van der Waals surface area (Å²) >= 11 is 0. The molecular weight excluding hydrogens is 221 g/mol. The van der Waals surface area contributed by atoms with E-state index in [1.165, 1.54) is 24.4 Å². The Labute approximate surface area is 88.6 Å². The number of nitrogen functional groups attached to an aromatic ring is 1. The number of hydrogen-bond donors (Lipinski definition) is 1. The van der Waals surface area contributed by atoms with Crippen molar-refractivity contribution in [2.75, 3.05) is 5.73 Å². The van der Waals surface area contributed by atoms with Gasteiger partial charge in [-0.3, -0.25) is 0 Å². The zero-order valence-electron chi connectivity index (χ0n) is 7.95. The minimum Gasteiger partial charge on any atom is -0.406 e. The summed E-state index contributed by atoms with van der Waals surface area (Å²) in [5.41, 5.74) is 5.54. The molecular formula is C10H7F3N2O. The van der Waals surface area contributed by atoms with Gasteiger partial charge in [0.15, 0.2) is 0 Å². The number of nitrogens with two attached hydrogens (primary N) is 1. The Morgan fingerprint density at radius 2 is 1.94 bits per heavy atom. The lowest BCUT2D eigenvalue weighted by Gasteiger charge is -2.09. The second kappa shape index (κ2) is 3.55. The molecule has 0 fully saturated rings. The molecule has 84 valence electrons. The van der Waals surface area contributed by atoms with E-state index in [4.69, 9.17) is 5.73 Å². The summed E-state index contributed by atoms with van der Waals surface area (Å²) in [6, 6.07) is 5.60. The van der Waals surface area contributed by atoms with Crippen LogP contribution >= 0.6 is 0 Å². The van der Waals surface area contributed by atoms with Crippen LogP contribution in [0.5, 0.6) is 5.75 Å². The first-order valence-electron chi connectivity index (χ1n) is 4.36. The molecule has 16 heavy (non-hydrogen) atoms. The smallest absolute Gasteiger partial charge is 0.406 e. The fourth-order valence-electron chi connectivity index (χ4n) is 1.37. The van der Waals surface area contributed by atoms with Crippen LogP contribution in [0.4, 0.5) is 19.0 Å². The average molecular weight is 228 g/mol. The van der Waals surface area contributed by atoms with Crippen molar-refractivity contribution in [2.24, 2.45) is 0 Å². The molecule has 0 radical (unpaired) electrons. The van der Waals surface area contributed by atoms with E-state index in [-0.39, 0.29) is 11.6 Å². The summed E-state index contributed by atoms with van der Waals surface area (Å²) in [5, 5.41) is 1.14. The van der Waals surface area contributed by atoms with E-state index in [1.807, 2.05) is 0 Å². The van der Waals surface area contributed by atoms with Crippen molar-refractivity contribution in [3.8, 4) is 5.75 Å². The molecule has 0 aliphatic heterocycles. The van der Waals surface area contributed by atoms with Crippen LogP contribution < -0.4 is 10.5 Å². The van der Waals surface area contributed by atoms with Crippen LogP contribution in [0.3, 0.4) is 0 Å². The minimum atomic E-state index is -4.70. The van der Waals surface area contributed by atoms with Crippen LogP contribution in [-0.4, -0.2) is 11.3 Å². The van der Waals surface area contributed by atoms with Crippen molar-refractivity contribution in [3.05, 3.63) is 30.5 Å². The largest absolute Gasteiger partial charge is 0.573 e. The zero-order valence-corrected chi connectivity index (χ0v) is 7.95. The molecule has 1 aromatic carbocycles. The Bertz CT molecular complexity index is 525. The summed E-state index contributed by atoms with van der Waals surface area (Å²) in [6.45, 7) is 0. The third kappa shape index (κ3) is 2.16. The highest BCUT2D eigenvalue weighted by molar-refractivity contribution is 5.91. The molecule has 6 heteroatoms. The predicted octanol–water partition coefficient (Wildman–Crippen LogP) is 2.72. The highest BCUT2D eigenvalue weighted by atomic mass is 19.4. The molecule has 0 saturated carbocycles. The standard InChI is InChI=1S/C10H7F3N2O/c11-10(12,13)16-7-2-1-6-3-4-15-9(14)8(6)5-7/h1-5H,(H2,14,15). The van der Waals surface area contributed by atoms with Gasteiger partial charge < -0.3 is 10.5 Å². The Kier molecular flexibility index (Phi) is 2.34. The Hall–Kier alpha value is -1.98. The molecule has 1 heterocycles. The molecule has 0 aliphatic carbocycles. The highest BCUT2D eigenvalue weighted by Gasteiger charge is 2.31. The van der Waals surface area contributed by atoms with Crippen LogP contribution in [0.1, 0.15) is 0 Å². The summed E-state index contributed by atoms with van der Waals surface area (Å²) < 4.78 is 39.7. The summed E-state index contributed by atoms with van der Waals surface area (Å²) in [6.07, 6.45) is -3.22. The Morgan fingerprint density at radius 1 is 1.19 bits per heavy atom. The third-order valence-electron chi connectivity index (χ3n) is 2.00. The van der Waals surface area contributed by atoms with Crippen LogP contribution in [0.2, 0.25) is 0 Å². The van der Waals surface area contributed by atoms with Crippen LogP contribution in [-0.2, 0) is 0 Å². The second-order valence-electron chi connectivity index (χ2n) is 3.13. The number of anilines is 1. The van der Waals surface area contributed by atoms with Gasteiger partial charge in [0.25, 0.3) is 0 Å². The first-order valence-corrected chi connectivity index (χ1v) is 4.36. The summed E-state index contributed by atoms with van der Waals surface area (Å²) in [7, 11) is 0. The molecule has 0 unspecified atom stereocenters. The lowest BCUT2D eigenvalue weighted by atomic mass is 10.1. The van der Waals surface area contributed by atoms with E-state index < -0.39 is 6.36 Å². The molecule has 2 rings (SSSR count). The topological polar surface area (TPSA) is 48.1 Å².